The average Bonchev–Trinajstić information content (AvgIpc) is 2.97. The van der Waals surface area contributed by atoms with Crippen LogP contribution in [0.1, 0.15) is 12.1 Å². The lowest BCUT2D eigenvalue weighted by Gasteiger charge is -2.16. The zero-order chi connectivity index (χ0) is 15.9. The Balaban J connectivity index is 1.79. The number of hydrogen-bond acceptors (Lipinski definition) is 3. The van der Waals surface area contributed by atoms with Crippen LogP contribution >= 0.6 is 11.8 Å². The van der Waals surface area contributed by atoms with E-state index < -0.39 is 16.9 Å². The Kier molecular flexibility index (Phi) is 3.90. The molecule has 22 heavy (non-hydrogen) atoms. The van der Waals surface area contributed by atoms with Crippen molar-refractivity contribution in [3.05, 3.63) is 41.6 Å². The van der Waals surface area contributed by atoms with Crippen molar-refractivity contribution in [1.29, 1.82) is 0 Å². The smallest absolute Gasteiger partial charge is 0.241 e. The maximum Gasteiger partial charge on any atom is 0.241 e. The van der Waals surface area contributed by atoms with Gasteiger partial charge in [-0.25, -0.2) is 8.78 Å². The van der Waals surface area contributed by atoms with Crippen LogP contribution in [0.4, 0.5) is 14.6 Å². The first kappa shape index (κ1) is 15.0. The average molecular weight is 323 g/mol. The summed E-state index contributed by atoms with van der Waals surface area (Å²) in [5, 5.41) is 3.82. The number of aryl methyl sites for hydroxylation is 2. The fraction of sp³-hybridized carbons (Fsp3) is 0.333. The first-order chi connectivity index (χ1) is 10.5. The summed E-state index contributed by atoms with van der Waals surface area (Å²) >= 11 is 1.08. The number of hydrogen-bond donors (Lipinski definition) is 0. The molecule has 1 aliphatic heterocycles. The Hall–Kier alpha value is -1.89. The standard InChI is InChI=1S/C15H15F2N3OS/c1-9-7-14(19(2)18-9)20-6-5-12(15(20)21)22-13-8-10(16)3-4-11(13)17/h3-4,7-8,12H,5-6H2,1-2H3/t12-/m0/s1. The molecule has 0 spiro atoms. The molecule has 0 radical (unpaired) electrons. The summed E-state index contributed by atoms with van der Waals surface area (Å²) in [5.41, 5.74) is 0.831. The number of aromatic nitrogens is 2. The molecular weight excluding hydrogens is 308 g/mol. The van der Waals surface area contributed by atoms with Gasteiger partial charge < -0.3 is 0 Å². The molecule has 3 rings (SSSR count). The second-order valence-electron chi connectivity index (χ2n) is 5.23. The summed E-state index contributed by atoms with van der Waals surface area (Å²) in [4.78, 5) is 14.3. The molecule has 1 aliphatic rings. The highest BCUT2D eigenvalue weighted by molar-refractivity contribution is 8.00. The lowest BCUT2D eigenvalue weighted by Crippen LogP contribution is -2.29. The Morgan fingerprint density at radius 3 is 2.77 bits per heavy atom. The van der Waals surface area contributed by atoms with Gasteiger partial charge in [0.2, 0.25) is 5.91 Å². The molecule has 116 valence electrons. The normalized spacial score (nSPS) is 18.3. The highest BCUT2D eigenvalue weighted by atomic mass is 32.2. The van der Waals surface area contributed by atoms with Crippen molar-refractivity contribution in [1.82, 2.24) is 9.78 Å². The largest absolute Gasteiger partial charge is 0.296 e. The summed E-state index contributed by atoms with van der Waals surface area (Å²) < 4.78 is 28.6. The molecule has 1 amide bonds. The number of nitrogens with zero attached hydrogens (tertiary/aromatic N) is 3. The SMILES string of the molecule is Cc1cc(N2CC[C@H](Sc3cc(F)ccc3F)C2=O)n(C)n1. The van der Waals surface area contributed by atoms with Gasteiger partial charge in [0.25, 0.3) is 0 Å². The van der Waals surface area contributed by atoms with E-state index in [1.165, 1.54) is 0 Å². The molecule has 4 nitrogen and oxygen atoms in total. The van der Waals surface area contributed by atoms with Crippen LogP contribution in [-0.4, -0.2) is 27.5 Å². The van der Waals surface area contributed by atoms with Crippen LogP contribution in [-0.2, 0) is 11.8 Å². The van der Waals surface area contributed by atoms with Gasteiger partial charge in [0.05, 0.1) is 10.9 Å². The van der Waals surface area contributed by atoms with E-state index in [-0.39, 0.29) is 10.8 Å². The van der Waals surface area contributed by atoms with Crippen LogP contribution < -0.4 is 4.90 Å². The molecule has 1 saturated heterocycles. The lowest BCUT2D eigenvalue weighted by molar-refractivity contribution is -0.116. The van der Waals surface area contributed by atoms with Gasteiger partial charge in [0.1, 0.15) is 17.5 Å². The van der Waals surface area contributed by atoms with Crippen molar-refractivity contribution in [2.24, 2.45) is 7.05 Å². The van der Waals surface area contributed by atoms with Crippen molar-refractivity contribution in [2.75, 3.05) is 11.4 Å². The molecule has 1 aromatic carbocycles. The third kappa shape index (κ3) is 2.72. The summed E-state index contributed by atoms with van der Waals surface area (Å²) in [5.74, 6) is -0.385. The van der Waals surface area contributed by atoms with Gasteiger partial charge in [-0.1, -0.05) is 0 Å². The molecule has 0 aliphatic carbocycles. The minimum absolute atomic E-state index is 0.100. The quantitative estimate of drug-likeness (QED) is 0.872. The molecule has 7 heteroatoms. The zero-order valence-electron chi connectivity index (χ0n) is 12.2. The van der Waals surface area contributed by atoms with Crippen molar-refractivity contribution >= 4 is 23.5 Å². The molecule has 0 saturated carbocycles. The first-order valence-electron chi connectivity index (χ1n) is 6.89. The third-order valence-electron chi connectivity index (χ3n) is 3.57. The van der Waals surface area contributed by atoms with Gasteiger partial charge in [-0.05, 0) is 31.5 Å². The highest BCUT2D eigenvalue weighted by Crippen LogP contribution is 2.34. The third-order valence-corrected chi connectivity index (χ3v) is 4.86. The Labute approximate surface area is 131 Å². The summed E-state index contributed by atoms with van der Waals surface area (Å²) in [6.45, 7) is 2.41. The molecule has 1 fully saturated rings. The van der Waals surface area contributed by atoms with Crippen LogP contribution in [0.3, 0.4) is 0 Å². The number of thioether (sulfide) groups is 1. The van der Waals surface area contributed by atoms with E-state index in [9.17, 15) is 13.6 Å². The number of anilines is 1. The van der Waals surface area contributed by atoms with E-state index in [1.54, 1.807) is 16.6 Å². The van der Waals surface area contributed by atoms with Crippen molar-refractivity contribution in [2.45, 2.75) is 23.5 Å². The topological polar surface area (TPSA) is 38.1 Å². The molecule has 0 unspecified atom stereocenters. The number of benzene rings is 1. The summed E-state index contributed by atoms with van der Waals surface area (Å²) in [6, 6.07) is 5.12. The fourth-order valence-electron chi connectivity index (χ4n) is 2.56. The minimum Gasteiger partial charge on any atom is -0.296 e. The summed E-state index contributed by atoms with van der Waals surface area (Å²) in [7, 11) is 1.78. The predicted molar refractivity (Wildman–Crippen MR) is 80.9 cm³/mol. The molecule has 0 N–H and O–H groups in total. The Morgan fingerprint density at radius 1 is 1.32 bits per heavy atom. The fourth-order valence-corrected chi connectivity index (χ4v) is 3.68. The number of rotatable bonds is 3. The molecule has 1 aromatic heterocycles. The molecule has 2 aromatic rings. The van der Waals surface area contributed by atoms with Crippen LogP contribution in [0, 0.1) is 18.6 Å². The van der Waals surface area contributed by atoms with E-state index in [0.29, 0.717) is 13.0 Å². The van der Waals surface area contributed by atoms with Crippen LogP contribution in [0.15, 0.2) is 29.2 Å². The van der Waals surface area contributed by atoms with E-state index in [0.717, 1.165) is 41.5 Å². The van der Waals surface area contributed by atoms with Gasteiger partial charge in [-0.3, -0.25) is 14.4 Å². The second kappa shape index (κ2) is 5.72. The minimum atomic E-state index is -0.506. The van der Waals surface area contributed by atoms with E-state index >= 15 is 0 Å². The maximum absolute atomic E-state index is 13.7. The molecular formula is C15H15F2N3OS. The second-order valence-corrected chi connectivity index (χ2v) is 6.47. The van der Waals surface area contributed by atoms with Gasteiger partial charge in [-0.15, -0.1) is 11.8 Å². The lowest BCUT2D eigenvalue weighted by atomic mass is 10.3. The van der Waals surface area contributed by atoms with E-state index in [2.05, 4.69) is 5.10 Å². The van der Waals surface area contributed by atoms with Gasteiger partial charge in [0.15, 0.2) is 0 Å². The molecule has 2 heterocycles. The Bertz CT molecular complexity index is 732. The highest BCUT2D eigenvalue weighted by Gasteiger charge is 2.35. The van der Waals surface area contributed by atoms with E-state index in [4.69, 9.17) is 0 Å². The van der Waals surface area contributed by atoms with Crippen LogP contribution in [0.25, 0.3) is 0 Å². The van der Waals surface area contributed by atoms with Crippen LogP contribution in [0.2, 0.25) is 0 Å². The van der Waals surface area contributed by atoms with Crippen molar-refractivity contribution in [3.8, 4) is 0 Å². The number of amides is 1. The van der Waals surface area contributed by atoms with E-state index in [1.807, 2.05) is 13.0 Å². The molecule has 1 atom stereocenters. The zero-order valence-corrected chi connectivity index (χ0v) is 13.0. The monoisotopic (exact) mass is 323 g/mol. The maximum atomic E-state index is 13.7. The first-order valence-corrected chi connectivity index (χ1v) is 7.77. The number of carbonyl (C=O) groups is 1. The van der Waals surface area contributed by atoms with Crippen molar-refractivity contribution < 1.29 is 13.6 Å². The van der Waals surface area contributed by atoms with Gasteiger partial charge in [0, 0.05) is 24.6 Å². The van der Waals surface area contributed by atoms with Crippen LogP contribution in [0.5, 0.6) is 0 Å². The van der Waals surface area contributed by atoms with Gasteiger partial charge >= 0.3 is 0 Å². The molecule has 0 bridgehead atoms. The Morgan fingerprint density at radius 2 is 2.09 bits per heavy atom. The summed E-state index contributed by atoms with van der Waals surface area (Å²) in [6.07, 6.45) is 0.587. The van der Waals surface area contributed by atoms with Gasteiger partial charge in [-0.2, -0.15) is 5.10 Å². The number of halogens is 2. The number of carbonyl (C=O) groups excluding carboxylic acids is 1. The predicted octanol–water partition coefficient (Wildman–Crippen LogP) is 2.90. The van der Waals surface area contributed by atoms with Crippen molar-refractivity contribution in [3.63, 3.8) is 0 Å².